The molecular weight excluding hydrogens is 262 g/mol. The molecular formula is C8H21NO6Si2. The summed E-state index contributed by atoms with van der Waals surface area (Å²) in [5.74, 6) is 0.292. The van der Waals surface area contributed by atoms with Crippen LogP contribution in [-0.2, 0) is 13.9 Å². The number of likely N-dealkylation sites (tertiary alicyclic amines) is 1. The quantitative estimate of drug-likeness (QED) is 0.364. The number of carbonyl (C=O) groups is 1. The maximum Gasteiger partial charge on any atom is 0.698 e. The van der Waals surface area contributed by atoms with Crippen molar-refractivity contribution in [3.63, 3.8) is 0 Å². The molecule has 1 rings (SSSR count). The summed E-state index contributed by atoms with van der Waals surface area (Å²) in [7, 11) is -4.55. The van der Waals surface area contributed by atoms with E-state index >= 15 is 0 Å². The SMILES string of the molecule is CN1CCCC1=O.C[Si](C)(C)OO[Si](O)(O)O. The van der Waals surface area contributed by atoms with Gasteiger partial charge in [0.15, 0.2) is 0 Å². The van der Waals surface area contributed by atoms with Gasteiger partial charge in [0.25, 0.3) is 0 Å². The second-order valence-corrected chi connectivity index (χ2v) is 10.5. The highest BCUT2D eigenvalue weighted by molar-refractivity contribution is 6.69. The van der Waals surface area contributed by atoms with Crippen LogP contribution in [-0.4, -0.2) is 56.2 Å². The lowest BCUT2D eigenvalue weighted by atomic mass is 10.4. The van der Waals surface area contributed by atoms with Crippen LogP contribution in [0.25, 0.3) is 0 Å². The van der Waals surface area contributed by atoms with Crippen LogP contribution in [0.15, 0.2) is 0 Å². The van der Waals surface area contributed by atoms with Crippen LogP contribution in [0.5, 0.6) is 0 Å². The van der Waals surface area contributed by atoms with E-state index in [1.807, 2.05) is 7.05 Å². The monoisotopic (exact) mass is 283 g/mol. The van der Waals surface area contributed by atoms with Crippen molar-refractivity contribution < 1.29 is 28.3 Å². The standard InChI is InChI=1S/C5H9NO.C3H12O5Si2/c1-6-4-2-3-5(6)7;1-9(2,3)7-8-10(4,5)6/h2-4H2,1H3;4-6H,1-3H3. The molecule has 1 fully saturated rings. The lowest BCUT2D eigenvalue weighted by Crippen LogP contribution is -2.42. The van der Waals surface area contributed by atoms with Gasteiger partial charge in [-0.2, -0.15) is 0 Å². The Kier molecular flexibility index (Phi) is 6.47. The highest BCUT2D eigenvalue weighted by Gasteiger charge is 2.35. The predicted octanol–water partition coefficient (Wildman–Crippen LogP) is -0.579. The number of amides is 1. The summed E-state index contributed by atoms with van der Waals surface area (Å²) >= 11 is 0. The maximum absolute atomic E-state index is 10.5. The fourth-order valence-corrected chi connectivity index (χ4v) is 2.41. The van der Waals surface area contributed by atoms with Gasteiger partial charge in [-0.3, -0.25) is 9.37 Å². The van der Waals surface area contributed by atoms with Crippen molar-refractivity contribution in [2.45, 2.75) is 32.5 Å². The van der Waals surface area contributed by atoms with Crippen molar-refractivity contribution in [2.75, 3.05) is 13.6 Å². The lowest BCUT2D eigenvalue weighted by molar-refractivity contribution is -0.187. The highest BCUT2D eigenvalue weighted by atomic mass is 28.4. The zero-order chi connectivity index (χ0) is 13.7. The minimum absolute atomic E-state index is 0.292. The Morgan fingerprint density at radius 2 is 1.71 bits per heavy atom. The molecule has 0 radical (unpaired) electrons. The van der Waals surface area contributed by atoms with Crippen LogP contribution in [0.4, 0.5) is 0 Å². The van der Waals surface area contributed by atoms with Gasteiger partial charge >= 0.3 is 9.05 Å². The van der Waals surface area contributed by atoms with Crippen LogP contribution < -0.4 is 0 Å². The summed E-state index contributed by atoms with van der Waals surface area (Å²) in [5.41, 5.74) is 0. The molecule has 0 unspecified atom stereocenters. The minimum Gasteiger partial charge on any atom is -0.366 e. The largest absolute Gasteiger partial charge is 0.698 e. The van der Waals surface area contributed by atoms with Gasteiger partial charge in [-0.1, -0.05) is 0 Å². The van der Waals surface area contributed by atoms with E-state index in [1.165, 1.54) is 0 Å². The lowest BCUT2D eigenvalue weighted by Gasteiger charge is -2.17. The predicted molar refractivity (Wildman–Crippen MR) is 64.8 cm³/mol. The Hall–Kier alpha value is -0.296. The van der Waals surface area contributed by atoms with E-state index in [9.17, 15) is 4.79 Å². The molecule has 0 aliphatic carbocycles. The van der Waals surface area contributed by atoms with Crippen LogP contribution >= 0.6 is 0 Å². The van der Waals surface area contributed by atoms with E-state index in [-0.39, 0.29) is 0 Å². The van der Waals surface area contributed by atoms with Crippen LogP contribution in [0.1, 0.15) is 12.8 Å². The molecule has 0 atom stereocenters. The molecule has 9 heteroatoms. The zero-order valence-electron chi connectivity index (χ0n) is 10.6. The Morgan fingerprint density at radius 1 is 1.18 bits per heavy atom. The van der Waals surface area contributed by atoms with E-state index in [4.69, 9.17) is 14.4 Å². The van der Waals surface area contributed by atoms with Gasteiger partial charge in [0.1, 0.15) is 0 Å². The molecule has 7 nitrogen and oxygen atoms in total. The summed E-state index contributed by atoms with van der Waals surface area (Å²) in [4.78, 5) is 37.2. The average Bonchev–Trinajstić information content (AvgIpc) is 2.47. The molecule has 1 heterocycles. The molecule has 1 aliphatic rings. The first-order valence-corrected chi connectivity index (χ1v) is 10.4. The van der Waals surface area contributed by atoms with Gasteiger partial charge in [-0.05, 0) is 26.1 Å². The van der Waals surface area contributed by atoms with Crippen molar-refractivity contribution in [1.29, 1.82) is 0 Å². The molecule has 102 valence electrons. The Labute approximate surface area is 103 Å². The first-order chi connectivity index (χ1) is 7.51. The molecule has 0 bridgehead atoms. The number of carbonyl (C=O) groups excluding carboxylic acids is 1. The second kappa shape index (κ2) is 6.59. The molecule has 0 aromatic heterocycles. The van der Waals surface area contributed by atoms with Gasteiger partial charge in [0, 0.05) is 20.0 Å². The average molecular weight is 283 g/mol. The Morgan fingerprint density at radius 3 is 1.82 bits per heavy atom. The number of hydrogen-bond acceptors (Lipinski definition) is 6. The number of rotatable bonds is 3. The summed E-state index contributed by atoms with van der Waals surface area (Å²) < 4.78 is 8.51. The molecule has 1 amide bonds. The van der Waals surface area contributed by atoms with Crippen LogP contribution in [0.3, 0.4) is 0 Å². The zero-order valence-corrected chi connectivity index (χ0v) is 12.6. The summed E-state index contributed by atoms with van der Waals surface area (Å²) in [6, 6.07) is 0. The molecule has 0 spiro atoms. The third-order valence-corrected chi connectivity index (χ3v) is 2.77. The summed E-state index contributed by atoms with van der Waals surface area (Å²) in [6.45, 7) is 6.31. The summed E-state index contributed by atoms with van der Waals surface area (Å²) in [6.07, 6.45) is 1.81. The fourth-order valence-electron chi connectivity index (χ4n) is 0.964. The normalized spacial score (nSPS) is 16.9. The van der Waals surface area contributed by atoms with Crippen molar-refractivity contribution in [3.8, 4) is 0 Å². The molecule has 0 aromatic rings. The van der Waals surface area contributed by atoms with Gasteiger partial charge in [-0.15, -0.1) is 0 Å². The smallest absolute Gasteiger partial charge is 0.366 e. The molecule has 0 saturated carbocycles. The van der Waals surface area contributed by atoms with Crippen LogP contribution in [0, 0.1) is 0 Å². The first kappa shape index (κ1) is 16.7. The minimum atomic E-state index is -4.45. The maximum atomic E-state index is 10.5. The first-order valence-electron chi connectivity index (χ1n) is 5.29. The highest BCUT2D eigenvalue weighted by Crippen LogP contribution is 2.05. The van der Waals surface area contributed by atoms with Crippen molar-refractivity contribution >= 4 is 23.3 Å². The topological polar surface area (TPSA) is 99.5 Å². The molecule has 0 aromatic carbocycles. The Bertz CT molecular complexity index is 235. The van der Waals surface area contributed by atoms with E-state index in [0.717, 1.165) is 19.4 Å². The number of nitrogens with zero attached hydrogens (tertiary/aromatic N) is 1. The van der Waals surface area contributed by atoms with Gasteiger partial charge < -0.3 is 19.3 Å². The van der Waals surface area contributed by atoms with Gasteiger partial charge in [-0.25, -0.2) is 4.58 Å². The van der Waals surface area contributed by atoms with Crippen molar-refractivity contribution in [1.82, 2.24) is 4.90 Å². The van der Waals surface area contributed by atoms with E-state index in [0.29, 0.717) is 5.91 Å². The van der Waals surface area contributed by atoms with E-state index in [2.05, 4.69) is 9.15 Å². The third kappa shape index (κ3) is 10.6. The molecule has 1 saturated heterocycles. The molecule has 1 aliphatic heterocycles. The van der Waals surface area contributed by atoms with Crippen LogP contribution in [0.2, 0.25) is 19.6 Å². The third-order valence-electron chi connectivity index (χ3n) is 1.71. The Balaban J connectivity index is 0.000000318. The van der Waals surface area contributed by atoms with Crippen molar-refractivity contribution in [2.24, 2.45) is 0 Å². The number of hydrogen-bond donors (Lipinski definition) is 3. The van der Waals surface area contributed by atoms with Gasteiger partial charge in [0.05, 0.1) is 0 Å². The second-order valence-electron chi connectivity index (χ2n) is 4.77. The van der Waals surface area contributed by atoms with Gasteiger partial charge in [0.2, 0.25) is 14.2 Å². The molecule has 17 heavy (non-hydrogen) atoms. The van der Waals surface area contributed by atoms with E-state index in [1.54, 1.807) is 24.5 Å². The fraction of sp³-hybridized carbons (Fsp3) is 0.875. The van der Waals surface area contributed by atoms with Crippen molar-refractivity contribution in [3.05, 3.63) is 0 Å². The van der Waals surface area contributed by atoms with E-state index < -0.39 is 17.4 Å². The molecule has 3 N–H and O–H groups in total. The summed E-state index contributed by atoms with van der Waals surface area (Å²) in [5, 5.41) is 0.